The second kappa shape index (κ2) is 5.29. The molecule has 0 atom stereocenters. The van der Waals surface area contributed by atoms with Crippen molar-refractivity contribution in [3.8, 4) is 0 Å². The highest BCUT2D eigenvalue weighted by Crippen LogP contribution is 2.46. The molecular weight excluding hydrogens is 226 g/mol. The molecule has 0 spiro atoms. The van der Waals surface area contributed by atoms with E-state index in [1.165, 1.54) is 0 Å². The Balaban J connectivity index is 2.50. The molecule has 1 rings (SSSR count). The van der Waals surface area contributed by atoms with Crippen molar-refractivity contribution in [1.29, 1.82) is 0 Å². The van der Waals surface area contributed by atoms with Gasteiger partial charge in [-0.15, -0.1) is 0 Å². The van der Waals surface area contributed by atoms with Crippen LogP contribution in [0.25, 0.3) is 0 Å². The van der Waals surface area contributed by atoms with E-state index < -0.39 is 24.4 Å². The SMILES string of the molecule is CC(C)CC1(C(=O)NCC(F)(F)CN)CCC1. The van der Waals surface area contributed by atoms with E-state index in [1.807, 2.05) is 13.8 Å². The summed E-state index contributed by atoms with van der Waals surface area (Å²) in [7, 11) is 0. The molecule has 0 radical (unpaired) electrons. The van der Waals surface area contributed by atoms with Crippen LogP contribution in [0.3, 0.4) is 0 Å². The maximum atomic E-state index is 12.9. The van der Waals surface area contributed by atoms with E-state index in [2.05, 4.69) is 5.32 Å². The molecule has 1 amide bonds. The second-order valence-corrected chi connectivity index (χ2v) is 5.47. The number of amides is 1. The van der Waals surface area contributed by atoms with Crippen LogP contribution < -0.4 is 11.1 Å². The maximum Gasteiger partial charge on any atom is 0.277 e. The van der Waals surface area contributed by atoms with Crippen molar-refractivity contribution >= 4 is 5.91 Å². The minimum Gasteiger partial charge on any atom is -0.350 e. The van der Waals surface area contributed by atoms with Gasteiger partial charge in [0.25, 0.3) is 5.92 Å². The lowest BCUT2D eigenvalue weighted by molar-refractivity contribution is -0.139. The Morgan fingerprint density at radius 2 is 2.06 bits per heavy atom. The number of alkyl halides is 2. The first-order valence-corrected chi connectivity index (χ1v) is 6.17. The number of hydrogen-bond acceptors (Lipinski definition) is 2. The van der Waals surface area contributed by atoms with Gasteiger partial charge in [0.15, 0.2) is 0 Å². The largest absolute Gasteiger partial charge is 0.350 e. The summed E-state index contributed by atoms with van der Waals surface area (Å²) in [5.74, 6) is -2.83. The van der Waals surface area contributed by atoms with Crippen molar-refractivity contribution in [1.82, 2.24) is 5.32 Å². The molecule has 0 aromatic heterocycles. The number of rotatable bonds is 6. The minimum absolute atomic E-state index is 0.231. The molecular formula is C12H22F2N2O. The molecule has 0 saturated heterocycles. The van der Waals surface area contributed by atoms with Crippen LogP contribution in [-0.2, 0) is 4.79 Å². The lowest BCUT2D eigenvalue weighted by atomic mass is 9.64. The van der Waals surface area contributed by atoms with Crippen LogP contribution in [-0.4, -0.2) is 24.9 Å². The first-order valence-electron chi connectivity index (χ1n) is 6.17. The van der Waals surface area contributed by atoms with Gasteiger partial charge in [-0.1, -0.05) is 20.3 Å². The third-order valence-electron chi connectivity index (χ3n) is 3.40. The zero-order chi connectivity index (χ0) is 13.1. The molecule has 0 unspecified atom stereocenters. The number of hydrogen-bond donors (Lipinski definition) is 2. The molecule has 3 nitrogen and oxygen atoms in total. The Hall–Kier alpha value is -0.710. The lowest BCUT2D eigenvalue weighted by Crippen LogP contribution is -2.50. The van der Waals surface area contributed by atoms with Crippen molar-refractivity contribution in [2.45, 2.75) is 45.5 Å². The number of nitrogens with one attached hydrogen (secondary N) is 1. The van der Waals surface area contributed by atoms with Crippen molar-refractivity contribution < 1.29 is 13.6 Å². The summed E-state index contributed by atoms with van der Waals surface area (Å²) in [5.41, 5.74) is 4.52. The first-order chi connectivity index (χ1) is 7.81. The highest BCUT2D eigenvalue weighted by Gasteiger charge is 2.44. The highest BCUT2D eigenvalue weighted by atomic mass is 19.3. The number of carbonyl (C=O) groups excluding carboxylic acids is 1. The first kappa shape index (κ1) is 14.4. The molecule has 1 aliphatic carbocycles. The van der Waals surface area contributed by atoms with Crippen LogP contribution in [0.2, 0.25) is 0 Å². The van der Waals surface area contributed by atoms with E-state index in [-0.39, 0.29) is 5.91 Å². The van der Waals surface area contributed by atoms with Crippen LogP contribution in [0.5, 0.6) is 0 Å². The van der Waals surface area contributed by atoms with Crippen LogP contribution in [0.4, 0.5) is 8.78 Å². The lowest BCUT2D eigenvalue weighted by Gasteiger charge is -2.41. The summed E-state index contributed by atoms with van der Waals surface area (Å²) in [6.07, 6.45) is 3.40. The Bertz CT molecular complexity index is 276. The van der Waals surface area contributed by atoms with Gasteiger partial charge in [-0.3, -0.25) is 4.79 Å². The summed E-state index contributed by atoms with van der Waals surface area (Å²) >= 11 is 0. The van der Waals surface area contributed by atoms with Crippen LogP contribution in [0, 0.1) is 11.3 Å². The van der Waals surface area contributed by atoms with Crippen LogP contribution in [0.15, 0.2) is 0 Å². The van der Waals surface area contributed by atoms with Crippen molar-refractivity contribution in [2.75, 3.05) is 13.1 Å². The summed E-state index contributed by atoms with van der Waals surface area (Å²) in [5, 5.41) is 2.35. The van der Waals surface area contributed by atoms with Gasteiger partial charge < -0.3 is 11.1 Å². The Morgan fingerprint density at radius 3 is 2.41 bits per heavy atom. The second-order valence-electron chi connectivity index (χ2n) is 5.47. The van der Waals surface area contributed by atoms with E-state index in [4.69, 9.17) is 5.73 Å². The average Bonchev–Trinajstić information content (AvgIpc) is 2.20. The monoisotopic (exact) mass is 248 g/mol. The van der Waals surface area contributed by atoms with Gasteiger partial charge in [-0.2, -0.15) is 0 Å². The number of carbonyl (C=O) groups is 1. The molecule has 0 aromatic carbocycles. The molecule has 3 N–H and O–H groups in total. The fourth-order valence-corrected chi connectivity index (χ4v) is 2.38. The Morgan fingerprint density at radius 1 is 1.47 bits per heavy atom. The maximum absolute atomic E-state index is 12.9. The quantitative estimate of drug-likeness (QED) is 0.754. The van der Waals surface area contributed by atoms with Gasteiger partial charge in [0.2, 0.25) is 5.91 Å². The molecule has 0 aliphatic heterocycles. The minimum atomic E-state index is -3.00. The van der Waals surface area contributed by atoms with Gasteiger partial charge >= 0.3 is 0 Å². The van der Waals surface area contributed by atoms with E-state index >= 15 is 0 Å². The van der Waals surface area contributed by atoms with Crippen LogP contribution in [0.1, 0.15) is 39.5 Å². The molecule has 17 heavy (non-hydrogen) atoms. The molecule has 1 saturated carbocycles. The molecule has 1 fully saturated rings. The predicted octanol–water partition coefficient (Wildman–Crippen LogP) is 1.91. The van der Waals surface area contributed by atoms with E-state index in [1.54, 1.807) is 0 Å². The van der Waals surface area contributed by atoms with Gasteiger partial charge in [0.05, 0.1) is 13.1 Å². The Kier molecular flexibility index (Phi) is 4.47. The molecule has 0 aromatic rings. The van der Waals surface area contributed by atoms with Gasteiger partial charge in [0.1, 0.15) is 0 Å². The smallest absolute Gasteiger partial charge is 0.277 e. The fourth-order valence-electron chi connectivity index (χ4n) is 2.38. The zero-order valence-corrected chi connectivity index (χ0v) is 10.6. The summed E-state index contributed by atoms with van der Waals surface area (Å²) in [6, 6.07) is 0. The summed E-state index contributed by atoms with van der Waals surface area (Å²) in [4.78, 5) is 12.0. The van der Waals surface area contributed by atoms with Gasteiger partial charge in [0, 0.05) is 5.41 Å². The summed E-state index contributed by atoms with van der Waals surface area (Å²) < 4.78 is 25.9. The van der Waals surface area contributed by atoms with Crippen molar-refractivity contribution in [2.24, 2.45) is 17.1 Å². The van der Waals surface area contributed by atoms with Crippen molar-refractivity contribution in [3.05, 3.63) is 0 Å². The Labute approximate surface area is 101 Å². The van der Waals surface area contributed by atoms with Gasteiger partial charge in [-0.25, -0.2) is 8.78 Å². The number of nitrogens with two attached hydrogens (primary N) is 1. The summed E-state index contributed by atoms with van der Waals surface area (Å²) in [6.45, 7) is 2.70. The normalized spacial score (nSPS) is 18.9. The molecule has 0 heterocycles. The molecule has 1 aliphatic rings. The topological polar surface area (TPSA) is 55.1 Å². The third kappa shape index (κ3) is 3.63. The number of halogens is 2. The zero-order valence-electron chi connectivity index (χ0n) is 10.6. The standard InChI is InChI=1S/C12H22F2N2O/c1-9(2)6-11(4-3-5-11)10(17)16-8-12(13,14)7-15/h9H,3-8,15H2,1-2H3,(H,16,17). The molecule has 100 valence electrons. The highest BCUT2D eigenvalue weighted by molar-refractivity contribution is 5.83. The van der Waals surface area contributed by atoms with E-state index in [9.17, 15) is 13.6 Å². The molecule has 5 heteroatoms. The van der Waals surface area contributed by atoms with Gasteiger partial charge in [-0.05, 0) is 25.2 Å². The predicted molar refractivity (Wildman–Crippen MR) is 62.8 cm³/mol. The third-order valence-corrected chi connectivity index (χ3v) is 3.40. The van der Waals surface area contributed by atoms with E-state index in [0.29, 0.717) is 5.92 Å². The van der Waals surface area contributed by atoms with Crippen molar-refractivity contribution in [3.63, 3.8) is 0 Å². The van der Waals surface area contributed by atoms with E-state index in [0.717, 1.165) is 25.7 Å². The average molecular weight is 248 g/mol. The van der Waals surface area contributed by atoms with Crippen LogP contribution >= 0.6 is 0 Å². The molecule has 0 bridgehead atoms. The fraction of sp³-hybridized carbons (Fsp3) is 0.917.